The van der Waals surface area contributed by atoms with Crippen LogP contribution < -0.4 is 0 Å². The van der Waals surface area contributed by atoms with Crippen molar-refractivity contribution in [2.45, 2.75) is 63.3 Å². The van der Waals surface area contributed by atoms with Gasteiger partial charge < -0.3 is 20.4 Å². The molecule has 1 aliphatic rings. The molecule has 31 heavy (non-hydrogen) atoms. The Morgan fingerprint density at radius 1 is 1.19 bits per heavy atom. The molecule has 6 heteroatoms. The number of rotatable bonds is 11. The van der Waals surface area contributed by atoms with Crippen molar-refractivity contribution in [3.05, 3.63) is 59.5 Å². The fourth-order valence-electron chi connectivity index (χ4n) is 4.25. The maximum atomic E-state index is 10.5. The fourth-order valence-corrected chi connectivity index (χ4v) is 5.33. The van der Waals surface area contributed by atoms with Gasteiger partial charge >= 0.3 is 5.97 Å². The minimum atomic E-state index is -0.793. The van der Waals surface area contributed by atoms with Crippen LogP contribution in [0, 0.1) is 11.8 Å². The number of allylic oxidation sites excluding steroid dienone is 2. The molecule has 2 aromatic rings. The molecule has 0 aliphatic heterocycles. The number of carboxylic acid groups (broad SMARTS) is 1. The van der Waals surface area contributed by atoms with Gasteiger partial charge in [0, 0.05) is 28.3 Å². The maximum absolute atomic E-state index is 10.5. The van der Waals surface area contributed by atoms with E-state index in [0.29, 0.717) is 32.1 Å². The number of carbonyl (C=O) groups is 1. The molecular weight excluding hydrogens is 412 g/mol. The topological polar surface area (TPSA) is 98.0 Å². The third-order valence-electron chi connectivity index (χ3n) is 5.97. The quantitative estimate of drug-likeness (QED) is 0.306. The Morgan fingerprint density at radius 3 is 2.77 bits per heavy atom. The molecule has 1 fully saturated rings. The lowest BCUT2D eigenvalue weighted by Crippen LogP contribution is -2.20. The first-order valence-corrected chi connectivity index (χ1v) is 11.8. The van der Waals surface area contributed by atoms with Crippen LogP contribution in [0.4, 0.5) is 0 Å². The van der Waals surface area contributed by atoms with Crippen LogP contribution >= 0.6 is 11.3 Å². The molecule has 1 aromatic carbocycles. The van der Waals surface area contributed by atoms with E-state index in [4.69, 9.17) is 5.11 Å². The van der Waals surface area contributed by atoms with Gasteiger partial charge in [0.25, 0.3) is 0 Å². The van der Waals surface area contributed by atoms with E-state index in [1.54, 1.807) is 17.4 Å². The third-order valence-corrected chi connectivity index (χ3v) is 7.15. The van der Waals surface area contributed by atoms with Crippen LogP contribution in [0.15, 0.2) is 54.6 Å². The molecule has 1 aromatic heterocycles. The molecule has 0 spiro atoms. The van der Waals surface area contributed by atoms with Gasteiger partial charge in [-0.05, 0) is 55.5 Å². The number of hydrogen-bond donors (Lipinski definition) is 4. The fraction of sp³-hybridized carbons (Fsp3) is 0.480. The number of thiophene rings is 1. The van der Waals surface area contributed by atoms with Gasteiger partial charge in [-0.2, -0.15) is 0 Å². The molecule has 0 bridgehead atoms. The maximum Gasteiger partial charge on any atom is 0.303 e. The van der Waals surface area contributed by atoms with Gasteiger partial charge in [-0.3, -0.25) is 4.79 Å². The number of aliphatic carboxylic acids is 1. The summed E-state index contributed by atoms with van der Waals surface area (Å²) in [6.07, 6.45) is 9.54. The van der Waals surface area contributed by atoms with E-state index in [1.165, 1.54) is 15.0 Å². The average Bonchev–Trinajstić information content (AvgIpc) is 3.27. The SMILES string of the molecule is O=C(O)CCC/C=C\C[C@@H]1[C@@H](/C=C/[C@@H](O)CCc2cc3ccccc3s2)[C@H](O)C[C@@H]1O. The molecule has 0 saturated heterocycles. The normalized spacial score (nSPS) is 25.1. The predicted molar refractivity (Wildman–Crippen MR) is 124 cm³/mol. The summed E-state index contributed by atoms with van der Waals surface area (Å²) < 4.78 is 1.25. The minimum Gasteiger partial charge on any atom is -0.481 e. The molecule has 1 saturated carbocycles. The molecule has 0 amide bonds. The molecule has 1 aliphatic carbocycles. The molecule has 1 heterocycles. The summed E-state index contributed by atoms with van der Waals surface area (Å²) in [5, 5.41) is 41.0. The van der Waals surface area contributed by atoms with Crippen LogP contribution in [-0.4, -0.2) is 44.7 Å². The van der Waals surface area contributed by atoms with Crippen LogP contribution in [0.3, 0.4) is 0 Å². The lowest BCUT2D eigenvalue weighted by atomic mass is 9.89. The van der Waals surface area contributed by atoms with E-state index >= 15 is 0 Å². The highest BCUT2D eigenvalue weighted by atomic mass is 32.1. The Hall–Kier alpha value is -1.99. The zero-order valence-corrected chi connectivity index (χ0v) is 18.5. The average molecular weight is 445 g/mol. The van der Waals surface area contributed by atoms with Crippen molar-refractivity contribution in [1.29, 1.82) is 0 Å². The van der Waals surface area contributed by atoms with Crippen molar-refractivity contribution >= 4 is 27.4 Å². The molecule has 3 rings (SSSR count). The van der Waals surface area contributed by atoms with Crippen molar-refractivity contribution < 1.29 is 25.2 Å². The Balaban J connectivity index is 1.49. The Labute approximate surface area is 187 Å². The summed E-state index contributed by atoms with van der Waals surface area (Å²) in [5.74, 6) is -1.09. The minimum absolute atomic E-state index is 0.100. The first kappa shape index (κ1) is 23.7. The molecule has 0 radical (unpaired) electrons. The summed E-state index contributed by atoms with van der Waals surface area (Å²) in [7, 11) is 0. The smallest absolute Gasteiger partial charge is 0.303 e. The predicted octanol–water partition coefficient (Wildman–Crippen LogP) is 4.31. The van der Waals surface area contributed by atoms with E-state index in [9.17, 15) is 20.1 Å². The highest BCUT2D eigenvalue weighted by Gasteiger charge is 2.39. The molecule has 4 N–H and O–H groups in total. The lowest BCUT2D eigenvalue weighted by Gasteiger charge is -2.19. The largest absolute Gasteiger partial charge is 0.481 e. The van der Waals surface area contributed by atoms with Gasteiger partial charge in [0.05, 0.1) is 18.3 Å². The first-order valence-electron chi connectivity index (χ1n) is 11.0. The van der Waals surface area contributed by atoms with E-state index in [2.05, 4.69) is 18.2 Å². The standard InChI is InChI=1S/C25H32O5S/c26-18(11-13-19-15-17-7-5-6-9-24(17)31-19)12-14-21-20(22(27)16-23(21)28)8-3-1-2-4-10-25(29)30/h1,3,5-7,9,12,14-15,18,20-23,26-28H,2,4,8,10-11,13,16H2,(H,29,30)/b3-1-,14-12+/t18-,20+,21+,22-,23+/m0/s1. The van der Waals surface area contributed by atoms with Crippen LogP contribution in [0.25, 0.3) is 10.1 Å². The summed E-state index contributed by atoms with van der Waals surface area (Å²) >= 11 is 1.75. The zero-order chi connectivity index (χ0) is 22.2. The van der Waals surface area contributed by atoms with Crippen molar-refractivity contribution in [2.24, 2.45) is 11.8 Å². The van der Waals surface area contributed by atoms with Crippen molar-refractivity contribution in [2.75, 3.05) is 0 Å². The molecular formula is C25H32O5S. The second-order valence-electron chi connectivity index (χ2n) is 8.35. The Kier molecular flexibility index (Phi) is 8.84. The highest BCUT2D eigenvalue weighted by molar-refractivity contribution is 7.19. The summed E-state index contributed by atoms with van der Waals surface area (Å²) in [6, 6.07) is 10.4. The van der Waals surface area contributed by atoms with Crippen molar-refractivity contribution in [1.82, 2.24) is 0 Å². The van der Waals surface area contributed by atoms with Crippen molar-refractivity contribution in [3.8, 4) is 0 Å². The number of benzene rings is 1. The van der Waals surface area contributed by atoms with E-state index in [0.717, 1.165) is 6.42 Å². The highest BCUT2D eigenvalue weighted by Crippen LogP contribution is 2.36. The van der Waals surface area contributed by atoms with E-state index in [1.807, 2.05) is 30.4 Å². The van der Waals surface area contributed by atoms with Crippen molar-refractivity contribution in [3.63, 3.8) is 0 Å². The monoisotopic (exact) mass is 444 g/mol. The van der Waals surface area contributed by atoms with Crippen LogP contribution in [0.1, 0.15) is 43.4 Å². The Bertz CT molecular complexity index is 869. The summed E-state index contributed by atoms with van der Waals surface area (Å²) in [4.78, 5) is 11.8. The Morgan fingerprint density at radius 2 is 2.00 bits per heavy atom. The third kappa shape index (κ3) is 7.01. The van der Waals surface area contributed by atoms with Gasteiger partial charge in [-0.1, -0.05) is 42.5 Å². The molecule has 5 nitrogen and oxygen atoms in total. The second kappa shape index (κ2) is 11.6. The van der Waals surface area contributed by atoms with Gasteiger partial charge in [-0.15, -0.1) is 11.3 Å². The number of unbranched alkanes of at least 4 members (excludes halogenated alkanes) is 1. The summed E-state index contributed by atoms with van der Waals surface area (Å²) in [6.45, 7) is 0. The van der Waals surface area contributed by atoms with Gasteiger partial charge in [0.2, 0.25) is 0 Å². The van der Waals surface area contributed by atoms with Gasteiger partial charge in [-0.25, -0.2) is 0 Å². The number of aliphatic hydroxyl groups is 3. The van der Waals surface area contributed by atoms with E-state index < -0.39 is 24.3 Å². The number of fused-ring (bicyclic) bond motifs is 1. The van der Waals surface area contributed by atoms with Gasteiger partial charge in [0.1, 0.15) is 0 Å². The van der Waals surface area contributed by atoms with Gasteiger partial charge in [0.15, 0.2) is 0 Å². The molecule has 5 atom stereocenters. The number of aryl methyl sites for hydroxylation is 1. The number of hydrogen-bond acceptors (Lipinski definition) is 5. The first-order chi connectivity index (χ1) is 14.9. The number of aliphatic hydroxyl groups excluding tert-OH is 3. The van der Waals surface area contributed by atoms with E-state index in [-0.39, 0.29) is 18.3 Å². The summed E-state index contributed by atoms with van der Waals surface area (Å²) in [5.41, 5.74) is 0. The number of carboxylic acids is 1. The molecule has 0 unspecified atom stereocenters. The second-order valence-corrected chi connectivity index (χ2v) is 9.51. The van der Waals surface area contributed by atoms with Crippen LogP contribution in [0.2, 0.25) is 0 Å². The molecule has 168 valence electrons. The lowest BCUT2D eigenvalue weighted by molar-refractivity contribution is -0.137. The van der Waals surface area contributed by atoms with Crippen LogP contribution in [0.5, 0.6) is 0 Å². The zero-order valence-electron chi connectivity index (χ0n) is 17.6. The van der Waals surface area contributed by atoms with Crippen LogP contribution in [-0.2, 0) is 11.2 Å².